The van der Waals surface area contributed by atoms with Gasteiger partial charge in [-0.15, -0.1) is 0 Å². The summed E-state index contributed by atoms with van der Waals surface area (Å²) >= 11 is 0. The van der Waals surface area contributed by atoms with Crippen molar-refractivity contribution in [2.24, 2.45) is 23.2 Å². The van der Waals surface area contributed by atoms with Crippen LogP contribution in [0.2, 0.25) is 0 Å². The summed E-state index contributed by atoms with van der Waals surface area (Å²) in [4.78, 5) is 15.5. The van der Waals surface area contributed by atoms with Crippen LogP contribution >= 0.6 is 0 Å². The molecule has 0 spiro atoms. The minimum Gasteiger partial charge on any atom is -0.341 e. The molecule has 0 N–H and O–H groups in total. The maximum atomic E-state index is 13.6. The number of hydrogen-bond donors (Lipinski definition) is 0. The van der Waals surface area contributed by atoms with Gasteiger partial charge in [-0.3, -0.25) is 4.79 Å². The van der Waals surface area contributed by atoms with Crippen LogP contribution in [0.25, 0.3) is 0 Å². The SMILES string of the molecule is O=C(N1CCC(c2ccccc2)S(=O)(=O)CC1)C12CC3CC(CC(C3)C1)C2. The fraction of sp³-hybridized carbons (Fsp3) is 0.682. The maximum Gasteiger partial charge on any atom is 0.228 e. The Morgan fingerprint density at radius 2 is 1.52 bits per heavy atom. The van der Waals surface area contributed by atoms with Crippen LogP contribution in [0.15, 0.2) is 30.3 Å². The molecule has 1 heterocycles. The molecule has 1 atom stereocenters. The highest BCUT2D eigenvalue weighted by atomic mass is 32.2. The molecule has 0 aromatic heterocycles. The van der Waals surface area contributed by atoms with Gasteiger partial charge in [-0.25, -0.2) is 8.42 Å². The number of benzene rings is 1. The van der Waals surface area contributed by atoms with E-state index < -0.39 is 15.1 Å². The van der Waals surface area contributed by atoms with Crippen LogP contribution in [0.4, 0.5) is 0 Å². The molecule has 1 aromatic rings. The second-order valence-corrected chi connectivity index (χ2v) is 11.8. The van der Waals surface area contributed by atoms with Crippen molar-refractivity contribution in [1.82, 2.24) is 4.90 Å². The average molecular weight is 388 g/mol. The molecule has 4 saturated carbocycles. The smallest absolute Gasteiger partial charge is 0.228 e. The normalized spacial score (nSPS) is 39.9. The summed E-state index contributed by atoms with van der Waals surface area (Å²) in [5.41, 5.74) is 0.687. The lowest BCUT2D eigenvalue weighted by Crippen LogP contribution is -2.55. The van der Waals surface area contributed by atoms with Crippen molar-refractivity contribution >= 4 is 15.7 Å². The van der Waals surface area contributed by atoms with Crippen molar-refractivity contribution in [3.05, 3.63) is 35.9 Å². The van der Waals surface area contributed by atoms with Crippen LogP contribution in [0.5, 0.6) is 0 Å². The lowest BCUT2D eigenvalue weighted by molar-refractivity contribution is -0.157. The molecule has 0 radical (unpaired) electrons. The molecule has 5 fully saturated rings. The van der Waals surface area contributed by atoms with E-state index in [9.17, 15) is 13.2 Å². The number of nitrogens with zero attached hydrogens (tertiary/aromatic N) is 1. The Kier molecular flexibility index (Phi) is 4.15. The Balaban J connectivity index is 1.37. The lowest BCUT2D eigenvalue weighted by Gasteiger charge is -2.56. The fourth-order valence-electron chi connectivity index (χ4n) is 6.90. The standard InChI is InChI=1S/C22H29NO3S/c24-21(22-13-16-10-17(14-22)12-18(11-16)15-22)23-7-6-20(27(25,26)9-8-23)19-4-2-1-3-5-19/h1-5,16-18,20H,6-15H2. The second-order valence-electron chi connectivity index (χ2n) is 9.55. The molecule has 27 heavy (non-hydrogen) atoms. The van der Waals surface area contributed by atoms with Crippen molar-refractivity contribution in [2.45, 2.75) is 50.2 Å². The van der Waals surface area contributed by atoms with E-state index in [1.165, 1.54) is 19.3 Å². The molecule has 1 aromatic carbocycles. The van der Waals surface area contributed by atoms with E-state index >= 15 is 0 Å². The lowest BCUT2D eigenvalue weighted by atomic mass is 9.49. The third kappa shape index (κ3) is 3.02. The number of rotatable bonds is 2. The molecule has 6 rings (SSSR count). The maximum absolute atomic E-state index is 13.6. The predicted octanol–water partition coefficient (Wildman–Crippen LogP) is 3.59. The number of amides is 1. The molecule has 146 valence electrons. The van der Waals surface area contributed by atoms with E-state index in [1.54, 1.807) is 0 Å². The van der Waals surface area contributed by atoms with Gasteiger partial charge in [0.1, 0.15) is 0 Å². The zero-order chi connectivity index (χ0) is 18.6. The summed E-state index contributed by atoms with van der Waals surface area (Å²) in [5.74, 6) is 2.55. The topological polar surface area (TPSA) is 54.5 Å². The molecule has 1 aliphatic heterocycles. The summed E-state index contributed by atoms with van der Waals surface area (Å²) in [7, 11) is -3.23. The largest absolute Gasteiger partial charge is 0.341 e. The van der Waals surface area contributed by atoms with Gasteiger partial charge in [0.2, 0.25) is 5.91 Å². The summed E-state index contributed by atoms with van der Waals surface area (Å²) in [6, 6.07) is 9.51. The minimum atomic E-state index is -3.23. The third-order valence-electron chi connectivity index (χ3n) is 7.69. The first-order valence-corrected chi connectivity index (χ1v) is 12.2. The first kappa shape index (κ1) is 17.7. The first-order chi connectivity index (χ1) is 13.0. The van der Waals surface area contributed by atoms with Gasteiger partial charge in [0.05, 0.1) is 16.4 Å². The van der Waals surface area contributed by atoms with E-state index in [2.05, 4.69) is 0 Å². The van der Waals surface area contributed by atoms with Gasteiger partial charge in [-0.2, -0.15) is 0 Å². The first-order valence-electron chi connectivity index (χ1n) is 10.5. The molecule has 1 saturated heterocycles. The van der Waals surface area contributed by atoms with Crippen molar-refractivity contribution in [3.63, 3.8) is 0 Å². The van der Waals surface area contributed by atoms with Gasteiger partial charge in [-0.05, 0) is 68.3 Å². The molecule has 4 bridgehead atoms. The van der Waals surface area contributed by atoms with E-state index in [0.717, 1.165) is 42.6 Å². The van der Waals surface area contributed by atoms with Gasteiger partial charge in [0.25, 0.3) is 0 Å². The highest BCUT2D eigenvalue weighted by molar-refractivity contribution is 7.91. The number of sulfone groups is 1. The zero-order valence-corrected chi connectivity index (χ0v) is 16.7. The summed E-state index contributed by atoms with van der Waals surface area (Å²) in [6.07, 6.45) is 7.60. The molecule has 1 unspecified atom stereocenters. The second kappa shape index (κ2) is 6.33. The van der Waals surface area contributed by atoms with Crippen LogP contribution in [0, 0.1) is 23.2 Å². The number of carbonyl (C=O) groups is 1. The monoisotopic (exact) mass is 387 g/mol. The van der Waals surface area contributed by atoms with Crippen LogP contribution in [0.1, 0.15) is 55.8 Å². The van der Waals surface area contributed by atoms with Gasteiger partial charge < -0.3 is 4.90 Å². The Hall–Kier alpha value is -1.36. The Bertz CT molecular complexity index is 797. The molecular formula is C22H29NO3S. The highest BCUT2D eigenvalue weighted by Crippen LogP contribution is 2.60. The van der Waals surface area contributed by atoms with Gasteiger partial charge >= 0.3 is 0 Å². The van der Waals surface area contributed by atoms with E-state index in [4.69, 9.17) is 0 Å². The predicted molar refractivity (Wildman–Crippen MR) is 105 cm³/mol. The van der Waals surface area contributed by atoms with Gasteiger partial charge in [0, 0.05) is 13.1 Å². The van der Waals surface area contributed by atoms with Crippen molar-refractivity contribution in [2.75, 3.05) is 18.8 Å². The van der Waals surface area contributed by atoms with Crippen molar-refractivity contribution in [3.8, 4) is 0 Å². The number of carbonyl (C=O) groups excluding carboxylic acids is 1. The van der Waals surface area contributed by atoms with Crippen molar-refractivity contribution in [1.29, 1.82) is 0 Å². The molecule has 4 nitrogen and oxygen atoms in total. The zero-order valence-electron chi connectivity index (χ0n) is 15.8. The van der Waals surface area contributed by atoms with Crippen LogP contribution < -0.4 is 0 Å². The molecule has 5 aliphatic rings. The Labute approximate surface area is 162 Å². The van der Waals surface area contributed by atoms with Crippen molar-refractivity contribution < 1.29 is 13.2 Å². The molecule has 1 amide bonds. The molecular weight excluding hydrogens is 358 g/mol. The molecule has 5 heteroatoms. The Morgan fingerprint density at radius 1 is 0.926 bits per heavy atom. The van der Waals surface area contributed by atoms with E-state index in [0.29, 0.717) is 19.5 Å². The van der Waals surface area contributed by atoms with E-state index in [-0.39, 0.29) is 17.1 Å². The third-order valence-corrected chi connectivity index (χ3v) is 9.82. The summed E-state index contributed by atoms with van der Waals surface area (Å²) < 4.78 is 25.8. The van der Waals surface area contributed by atoms with E-state index in [1.807, 2.05) is 35.2 Å². The minimum absolute atomic E-state index is 0.0880. The van der Waals surface area contributed by atoms with Crippen LogP contribution in [-0.4, -0.2) is 38.1 Å². The quantitative estimate of drug-likeness (QED) is 0.779. The highest BCUT2D eigenvalue weighted by Gasteiger charge is 2.55. The molecule has 4 aliphatic carbocycles. The van der Waals surface area contributed by atoms with Crippen LogP contribution in [-0.2, 0) is 14.6 Å². The van der Waals surface area contributed by atoms with Gasteiger partial charge in [0.15, 0.2) is 9.84 Å². The summed E-state index contributed by atoms with van der Waals surface area (Å²) in [6.45, 7) is 0.936. The van der Waals surface area contributed by atoms with Gasteiger partial charge in [-0.1, -0.05) is 30.3 Å². The van der Waals surface area contributed by atoms with Crippen LogP contribution in [0.3, 0.4) is 0 Å². The number of hydrogen-bond acceptors (Lipinski definition) is 3. The Morgan fingerprint density at radius 3 is 2.11 bits per heavy atom. The summed E-state index contributed by atoms with van der Waals surface area (Å²) in [5, 5.41) is -0.479. The average Bonchev–Trinajstić information content (AvgIpc) is 2.79. The fourth-order valence-corrected chi connectivity index (χ4v) is 8.69.